The maximum absolute atomic E-state index is 12.3. The van der Waals surface area contributed by atoms with Gasteiger partial charge in [0, 0.05) is 0 Å². The van der Waals surface area contributed by atoms with Crippen molar-refractivity contribution in [3.63, 3.8) is 0 Å². The molecule has 0 spiro atoms. The highest BCUT2D eigenvalue weighted by Gasteiger charge is 2.15. The zero-order valence-corrected chi connectivity index (χ0v) is 15.0. The van der Waals surface area contributed by atoms with Crippen LogP contribution in [0.3, 0.4) is 0 Å². The summed E-state index contributed by atoms with van der Waals surface area (Å²) in [5, 5.41) is 0. The molecular weight excluding hydrogens is 336 g/mol. The number of carbonyl (C=O) groups excluding carboxylic acids is 1. The number of aromatic nitrogens is 1. The fourth-order valence-electron chi connectivity index (χ4n) is 2.61. The number of nitrogens with zero attached hydrogens (tertiary/aromatic N) is 2. The summed E-state index contributed by atoms with van der Waals surface area (Å²) < 4.78 is 13.4. The van der Waals surface area contributed by atoms with Crippen molar-refractivity contribution < 1.29 is 14.3 Å². The molecule has 0 radical (unpaired) electrons. The molecule has 0 fully saturated rings. The van der Waals surface area contributed by atoms with Crippen molar-refractivity contribution in [1.82, 2.24) is 4.57 Å². The highest BCUT2D eigenvalue weighted by atomic mass is 32.1. The van der Waals surface area contributed by atoms with E-state index in [4.69, 9.17) is 15.9 Å². The van der Waals surface area contributed by atoms with Gasteiger partial charge in [0.05, 0.1) is 16.8 Å². The molecule has 5 nitrogen and oxygen atoms in total. The molecule has 2 aromatic rings. The minimum Gasteiger partial charge on any atom is -0.494 e. The van der Waals surface area contributed by atoms with E-state index in [1.165, 1.54) is 23.2 Å². The molecule has 1 aromatic carbocycles. The normalized spacial score (nSPS) is 14.6. The topological polar surface area (TPSA) is 52.8 Å². The SMILES string of the molecule is C#CCn1c(=NC(=O)C2=COCCO2)sc2cc(CCCC)ccc21. The lowest BCUT2D eigenvalue weighted by atomic mass is 10.1. The number of aryl methyl sites for hydroxylation is 1. The number of amides is 1. The largest absolute Gasteiger partial charge is 0.494 e. The number of rotatable bonds is 5. The van der Waals surface area contributed by atoms with E-state index in [-0.39, 0.29) is 5.76 Å². The number of carbonyl (C=O) groups is 1. The third-order valence-electron chi connectivity index (χ3n) is 3.87. The van der Waals surface area contributed by atoms with Crippen LogP contribution in [0.15, 0.2) is 35.2 Å². The van der Waals surface area contributed by atoms with Crippen LogP contribution in [0, 0.1) is 12.3 Å². The number of terminal acetylenes is 1. The fourth-order valence-corrected chi connectivity index (χ4v) is 3.70. The first-order valence-corrected chi connectivity index (χ1v) is 9.14. The predicted molar refractivity (Wildman–Crippen MR) is 97.8 cm³/mol. The van der Waals surface area contributed by atoms with Gasteiger partial charge in [-0.25, -0.2) is 0 Å². The highest BCUT2D eigenvalue weighted by molar-refractivity contribution is 7.16. The van der Waals surface area contributed by atoms with Crippen LogP contribution in [-0.4, -0.2) is 23.7 Å². The van der Waals surface area contributed by atoms with Crippen molar-refractivity contribution in [1.29, 1.82) is 0 Å². The van der Waals surface area contributed by atoms with Gasteiger partial charge in [0.15, 0.2) is 4.80 Å². The second kappa shape index (κ2) is 8.04. The average Bonchev–Trinajstić information content (AvgIpc) is 2.97. The van der Waals surface area contributed by atoms with Crippen molar-refractivity contribution in [2.45, 2.75) is 32.7 Å². The molecule has 6 heteroatoms. The molecule has 0 bridgehead atoms. The Morgan fingerprint density at radius 1 is 1.44 bits per heavy atom. The second-order valence-electron chi connectivity index (χ2n) is 5.70. The average molecular weight is 356 g/mol. The molecule has 1 amide bonds. The summed E-state index contributed by atoms with van der Waals surface area (Å²) in [7, 11) is 0. The Balaban J connectivity index is 2.02. The third-order valence-corrected chi connectivity index (χ3v) is 4.91. The molecule has 1 aliphatic rings. The van der Waals surface area contributed by atoms with Gasteiger partial charge in [0.1, 0.15) is 19.5 Å². The van der Waals surface area contributed by atoms with Crippen molar-refractivity contribution >= 4 is 27.5 Å². The van der Waals surface area contributed by atoms with E-state index in [2.05, 4.69) is 36.0 Å². The van der Waals surface area contributed by atoms with Gasteiger partial charge in [-0.05, 0) is 30.5 Å². The van der Waals surface area contributed by atoms with Crippen molar-refractivity contribution in [3.8, 4) is 12.3 Å². The fraction of sp³-hybridized carbons (Fsp3) is 0.368. The molecule has 0 saturated carbocycles. The Bertz CT molecular complexity index is 915. The Kier molecular flexibility index (Phi) is 5.56. The standard InChI is InChI=1S/C19H20N2O3S/c1-3-5-6-14-7-8-15-17(12-14)25-19(21(15)9-4-2)20-18(22)16-13-23-10-11-24-16/h2,7-8,12-13H,3,5-6,9-11H2,1H3. The molecule has 3 rings (SSSR count). The summed E-state index contributed by atoms with van der Waals surface area (Å²) in [6, 6.07) is 6.33. The summed E-state index contributed by atoms with van der Waals surface area (Å²) in [4.78, 5) is 17.1. The number of hydrogen-bond donors (Lipinski definition) is 0. The summed E-state index contributed by atoms with van der Waals surface area (Å²) in [6.45, 7) is 3.33. The van der Waals surface area contributed by atoms with E-state index >= 15 is 0 Å². The minimum atomic E-state index is -0.455. The van der Waals surface area contributed by atoms with Crippen LogP contribution in [0.4, 0.5) is 0 Å². The Hall–Kier alpha value is -2.52. The van der Waals surface area contributed by atoms with Crippen molar-refractivity contribution in [2.75, 3.05) is 13.2 Å². The van der Waals surface area contributed by atoms with Crippen LogP contribution in [-0.2, 0) is 27.2 Å². The predicted octanol–water partition coefficient (Wildman–Crippen LogP) is 2.99. The highest BCUT2D eigenvalue weighted by Crippen LogP contribution is 2.20. The Morgan fingerprint density at radius 3 is 3.04 bits per heavy atom. The van der Waals surface area contributed by atoms with Crippen LogP contribution < -0.4 is 4.80 Å². The van der Waals surface area contributed by atoms with E-state index in [0.29, 0.717) is 24.6 Å². The first-order valence-electron chi connectivity index (χ1n) is 8.32. The smallest absolute Gasteiger partial charge is 0.317 e. The summed E-state index contributed by atoms with van der Waals surface area (Å²) in [5.41, 5.74) is 2.28. The summed E-state index contributed by atoms with van der Waals surface area (Å²) in [6.07, 6.45) is 10.2. The van der Waals surface area contributed by atoms with E-state index < -0.39 is 5.91 Å². The van der Waals surface area contributed by atoms with Crippen LogP contribution in [0.25, 0.3) is 10.2 Å². The zero-order valence-electron chi connectivity index (χ0n) is 14.2. The molecule has 0 unspecified atom stereocenters. The van der Waals surface area contributed by atoms with Gasteiger partial charge in [0.25, 0.3) is 0 Å². The molecular formula is C19H20N2O3S. The van der Waals surface area contributed by atoms with Gasteiger partial charge in [-0.15, -0.1) is 6.42 Å². The second-order valence-corrected chi connectivity index (χ2v) is 6.71. The number of thiazole rings is 1. The first-order chi connectivity index (χ1) is 12.2. The van der Waals surface area contributed by atoms with Crippen LogP contribution in [0.1, 0.15) is 25.3 Å². The lowest BCUT2D eigenvalue weighted by Crippen LogP contribution is -2.19. The Morgan fingerprint density at radius 2 is 2.32 bits per heavy atom. The molecule has 130 valence electrons. The van der Waals surface area contributed by atoms with Crippen LogP contribution in [0.2, 0.25) is 0 Å². The summed E-state index contributed by atoms with van der Waals surface area (Å²) in [5.74, 6) is 2.30. The molecule has 0 N–H and O–H groups in total. The van der Waals surface area contributed by atoms with Gasteiger partial charge >= 0.3 is 5.91 Å². The maximum atomic E-state index is 12.3. The molecule has 0 atom stereocenters. The molecule has 0 saturated heterocycles. The molecule has 2 heterocycles. The monoisotopic (exact) mass is 356 g/mol. The minimum absolute atomic E-state index is 0.125. The lowest BCUT2D eigenvalue weighted by Gasteiger charge is -2.12. The van der Waals surface area contributed by atoms with Gasteiger partial charge in [-0.3, -0.25) is 4.79 Å². The number of unbranched alkanes of at least 4 members (excludes halogenated alkanes) is 1. The lowest BCUT2D eigenvalue weighted by molar-refractivity contribution is -0.119. The van der Waals surface area contributed by atoms with Crippen molar-refractivity contribution in [3.05, 3.63) is 40.6 Å². The van der Waals surface area contributed by atoms with Gasteiger partial charge in [0.2, 0.25) is 5.76 Å². The van der Waals surface area contributed by atoms with Crippen LogP contribution in [0.5, 0.6) is 0 Å². The molecule has 1 aromatic heterocycles. The van der Waals surface area contributed by atoms with E-state index in [0.717, 1.165) is 29.5 Å². The number of ether oxygens (including phenoxy) is 2. The van der Waals surface area contributed by atoms with Crippen LogP contribution >= 0.6 is 11.3 Å². The third kappa shape index (κ3) is 3.94. The Labute approximate surface area is 150 Å². The zero-order chi connectivity index (χ0) is 17.6. The first kappa shape index (κ1) is 17.3. The number of fused-ring (bicyclic) bond motifs is 1. The van der Waals surface area contributed by atoms with E-state index in [1.807, 2.05) is 4.57 Å². The summed E-state index contributed by atoms with van der Waals surface area (Å²) >= 11 is 1.46. The van der Waals surface area contributed by atoms with Gasteiger partial charge in [-0.2, -0.15) is 4.99 Å². The van der Waals surface area contributed by atoms with Crippen molar-refractivity contribution in [2.24, 2.45) is 4.99 Å². The molecule has 0 aliphatic carbocycles. The van der Waals surface area contributed by atoms with Gasteiger partial charge in [-0.1, -0.05) is 36.7 Å². The molecule has 1 aliphatic heterocycles. The number of hydrogen-bond acceptors (Lipinski definition) is 4. The van der Waals surface area contributed by atoms with E-state index in [9.17, 15) is 4.79 Å². The van der Waals surface area contributed by atoms with Gasteiger partial charge < -0.3 is 14.0 Å². The van der Waals surface area contributed by atoms with E-state index in [1.54, 1.807) is 0 Å². The maximum Gasteiger partial charge on any atom is 0.317 e. The molecule has 25 heavy (non-hydrogen) atoms. The quantitative estimate of drug-likeness (QED) is 0.774. The number of benzene rings is 1.